The summed E-state index contributed by atoms with van der Waals surface area (Å²) in [6.45, 7) is 2.62. The molecule has 7 heteroatoms. The minimum Gasteiger partial charge on any atom is -0.385 e. The molecule has 1 N–H and O–H groups in total. The Bertz CT molecular complexity index is 1400. The number of anilines is 2. The van der Waals surface area contributed by atoms with Crippen LogP contribution in [0.3, 0.4) is 0 Å². The SMILES string of the molecule is Cc1ncc(-c2ccc3ncnc(N4CCc5cc(F)c(Cl)cc54)c3c2)cc1C1(O)CC1. The van der Waals surface area contributed by atoms with Gasteiger partial charge >= 0.3 is 0 Å². The van der Waals surface area contributed by atoms with Crippen molar-refractivity contribution in [3.05, 3.63) is 76.6 Å². The molecule has 4 aromatic rings. The van der Waals surface area contributed by atoms with Crippen LogP contribution in [0.15, 0.2) is 48.9 Å². The third-order valence-electron chi connectivity index (χ3n) is 6.53. The Labute approximate surface area is 189 Å². The van der Waals surface area contributed by atoms with E-state index in [1.807, 2.05) is 31.3 Å². The van der Waals surface area contributed by atoms with Crippen LogP contribution in [-0.2, 0) is 12.0 Å². The Morgan fingerprint density at radius 3 is 2.72 bits per heavy atom. The summed E-state index contributed by atoms with van der Waals surface area (Å²) >= 11 is 6.08. The monoisotopic (exact) mass is 446 g/mol. The van der Waals surface area contributed by atoms with Crippen LogP contribution in [0.1, 0.15) is 29.7 Å². The first-order chi connectivity index (χ1) is 15.4. The molecule has 0 saturated heterocycles. The smallest absolute Gasteiger partial charge is 0.144 e. The Balaban J connectivity index is 1.48. The highest BCUT2D eigenvalue weighted by Crippen LogP contribution is 2.47. The zero-order valence-electron chi connectivity index (χ0n) is 17.4. The maximum atomic E-state index is 13.9. The molecule has 0 amide bonds. The second kappa shape index (κ2) is 6.95. The minimum atomic E-state index is -0.744. The molecular weight excluding hydrogens is 427 g/mol. The molecule has 1 aliphatic heterocycles. The normalized spacial score (nSPS) is 16.4. The summed E-state index contributed by atoms with van der Waals surface area (Å²) in [5, 5.41) is 11.6. The molecule has 0 radical (unpaired) electrons. The van der Waals surface area contributed by atoms with Crippen LogP contribution in [0.25, 0.3) is 22.0 Å². The predicted molar refractivity (Wildman–Crippen MR) is 123 cm³/mol. The van der Waals surface area contributed by atoms with Gasteiger partial charge in [0.05, 0.1) is 16.1 Å². The van der Waals surface area contributed by atoms with Gasteiger partial charge in [0.1, 0.15) is 18.0 Å². The number of hydrogen-bond acceptors (Lipinski definition) is 5. The molecule has 2 aliphatic rings. The Morgan fingerprint density at radius 2 is 1.91 bits per heavy atom. The predicted octanol–water partition coefficient (Wildman–Crippen LogP) is 5.47. The number of hydrogen-bond donors (Lipinski definition) is 1. The summed E-state index contributed by atoms with van der Waals surface area (Å²) in [4.78, 5) is 15.6. The van der Waals surface area contributed by atoms with Crippen LogP contribution in [-0.4, -0.2) is 26.6 Å². The van der Waals surface area contributed by atoms with E-state index in [9.17, 15) is 9.50 Å². The number of rotatable bonds is 3. The van der Waals surface area contributed by atoms with Crippen molar-refractivity contribution in [2.24, 2.45) is 0 Å². The van der Waals surface area contributed by atoms with E-state index in [4.69, 9.17) is 11.6 Å². The van der Waals surface area contributed by atoms with Crippen LogP contribution in [0, 0.1) is 12.7 Å². The molecule has 0 atom stereocenters. The lowest BCUT2D eigenvalue weighted by atomic mass is 9.99. The van der Waals surface area contributed by atoms with E-state index in [0.717, 1.165) is 69.6 Å². The molecule has 0 spiro atoms. The summed E-state index contributed by atoms with van der Waals surface area (Å²) < 4.78 is 13.9. The molecule has 1 fully saturated rings. The number of benzene rings is 2. The largest absolute Gasteiger partial charge is 0.385 e. The van der Waals surface area contributed by atoms with E-state index < -0.39 is 11.4 Å². The summed E-state index contributed by atoms with van der Waals surface area (Å²) in [6.07, 6.45) is 5.65. The van der Waals surface area contributed by atoms with E-state index in [2.05, 4.69) is 25.9 Å². The highest BCUT2D eigenvalue weighted by molar-refractivity contribution is 6.31. The molecule has 2 aromatic heterocycles. The number of aromatic nitrogens is 3. The van der Waals surface area contributed by atoms with E-state index >= 15 is 0 Å². The minimum absolute atomic E-state index is 0.103. The van der Waals surface area contributed by atoms with E-state index in [0.29, 0.717) is 6.54 Å². The highest BCUT2D eigenvalue weighted by Gasteiger charge is 2.43. The number of nitrogens with zero attached hydrogens (tertiary/aromatic N) is 4. The van der Waals surface area contributed by atoms with E-state index in [-0.39, 0.29) is 5.02 Å². The van der Waals surface area contributed by atoms with Gasteiger partial charge in [0.15, 0.2) is 0 Å². The van der Waals surface area contributed by atoms with Crippen LogP contribution >= 0.6 is 11.6 Å². The standard InChI is InChI=1S/C25H20ClFN4O/c1-14-19(25(32)5-6-25)9-17(12-28-14)15-2-3-22-18(8-15)24(30-13-29-22)31-7-4-16-10-21(27)20(26)11-23(16)31/h2-3,8-13,32H,4-7H2,1H3. The van der Waals surface area contributed by atoms with Crippen molar-refractivity contribution in [1.82, 2.24) is 15.0 Å². The van der Waals surface area contributed by atoms with Crippen molar-refractivity contribution in [3.8, 4) is 11.1 Å². The molecular formula is C25H20ClFN4O. The number of aliphatic hydroxyl groups is 1. The molecule has 3 heterocycles. The van der Waals surface area contributed by atoms with Crippen molar-refractivity contribution in [1.29, 1.82) is 0 Å². The van der Waals surface area contributed by atoms with Gasteiger partial charge in [-0.05, 0) is 67.6 Å². The van der Waals surface area contributed by atoms with Gasteiger partial charge in [0, 0.05) is 40.6 Å². The van der Waals surface area contributed by atoms with Gasteiger partial charge < -0.3 is 10.0 Å². The summed E-state index contributed by atoms with van der Waals surface area (Å²) in [7, 11) is 0. The first-order valence-electron chi connectivity index (χ1n) is 10.6. The van der Waals surface area contributed by atoms with Gasteiger partial charge in [-0.25, -0.2) is 14.4 Å². The van der Waals surface area contributed by atoms with Crippen molar-refractivity contribution >= 4 is 34.0 Å². The third kappa shape index (κ3) is 3.05. The van der Waals surface area contributed by atoms with Gasteiger partial charge in [0.25, 0.3) is 0 Å². The zero-order chi connectivity index (χ0) is 22.0. The van der Waals surface area contributed by atoms with E-state index in [1.165, 1.54) is 6.07 Å². The fraction of sp³-hybridized carbons (Fsp3) is 0.240. The fourth-order valence-corrected chi connectivity index (χ4v) is 4.75. The molecule has 1 saturated carbocycles. The van der Waals surface area contributed by atoms with Gasteiger partial charge in [-0.15, -0.1) is 0 Å². The van der Waals surface area contributed by atoms with Gasteiger partial charge in [0.2, 0.25) is 0 Å². The second-order valence-corrected chi connectivity index (χ2v) is 9.02. The van der Waals surface area contributed by atoms with Crippen molar-refractivity contribution in [2.45, 2.75) is 31.8 Å². The summed E-state index contributed by atoms with van der Waals surface area (Å²) in [5.74, 6) is 0.362. The number of pyridine rings is 1. The molecule has 5 nitrogen and oxygen atoms in total. The fourth-order valence-electron chi connectivity index (χ4n) is 4.59. The zero-order valence-corrected chi connectivity index (χ0v) is 18.2. The molecule has 1 aliphatic carbocycles. The Hall–Kier alpha value is -3.09. The second-order valence-electron chi connectivity index (χ2n) is 8.61. The molecule has 160 valence electrons. The van der Waals surface area contributed by atoms with Crippen molar-refractivity contribution in [2.75, 3.05) is 11.4 Å². The Morgan fingerprint density at radius 1 is 1.06 bits per heavy atom. The molecule has 0 unspecified atom stereocenters. The lowest BCUT2D eigenvalue weighted by Gasteiger charge is -2.20. The maximum absolute atomic E-state index is 13.9. The summed E-state index contributed by atoms with van der Waals surface area (Å²) in [6, 6.07) is 11.2. The molecule has 2 aromatic carbocycles. The summed E-state index contributed by atoms with van der Waals surface area (Å²) in [5.41, 5.74) is 5.53. The van der Waals surface area contributed by atoms with Crippen molar-refractivity contribution in [3.63, 3.8) is 0 Å². The van der Waals surface area contributed by atoms with Gasteiger partial charge in [-0.2, -0.15) is 0 Å². The topological polar surface area (TPSA) is 62.1 Å². The maximum Gasteiger partial charge on any atom is 0.144 e. The average molecular weight is 447 g/mol. The number of halogens is 2. The van der Waals surface area contributed by atoms with Crippen LogP contribution in [0.2, 0.25) is 5.02 Å². The van der Waals surface area contributed by atoms with Crippen LogP contribution in [0.5, 0.6) is 0 Å². The lowest BCUT2D eigenvalue weighted by molar-refractivity contribution is 0.150. The Kier molecular flexibility index (Phi) is 4.26. The molecule has 32 heavy (non-hydrogen) atoms. The molecule has 0 bridgehead atoms. The first-order valence-corrected chi connectivity index (χ1v) is 11.0. The van der Waals surface area contributed by atoms with Crippen LogP contribution < -0.4 is 4.90 Å². The van der Waals surface area contributed by atoms with Crippen LogP contribution in [0.4, 0.5) is 15.9 Å². The van der Waals surface area contributed by atoms with Crippen molar-refractivity contribution < 1.29 is 9.50 Å². The first kappa shape index (κ1) is 19.6. The van der Waals surface area contributed by atoms with Gasteiger partial charge in [-0.3, -0.25) is 4.98 Å². The number of aryl methyl sites for hydroxylation is 1. The highest BCUT2D eigenvalue weighted by atomic mass is 35.5. The quantitative estimate of drug-likeness (QED) is 0.452. The molecule has 6 rings (SSSR count). The lowest BCUT2D eigenvalue weighted by Crippen LogP contribution is -2.15. The van der Waals surface area contributed by atoms with E-state index in [1.54, 1.807) is 12.4 Å². The third-order valence-corrected chi connectivity index (χ3v) is 6.82. The van der Waals surface area contributed by atoms with Gasteiger partial charge in [-0.1, -0.05) is 17.7 Å². The average Bonchev–Trinajstić information content (AvgIpc) is 3.42. The number of fused-ring (bicyclic) bond motifs is 2.